The molecule has 0 fully saturated rings. The first-order valence-electron chi connectivity index (χ1n) is 8.57. The molecule has 1 aromatic carbocycles. The summed E-state index contributed by atoms with van der Waals surface area (Å²) in [4.78, 5) is 2.59. The van der Waals surface area contributed by atoms with Crippen LogP contribution in [-0.4, -0.2) is 26.2 Å². The summed E-state index contributed by atoms with van der Waals surface area (Å²) < 4.78 is 5.65. The van der Waals surface area contributed by atoms with Crippen LogP contribution in [0.1, 0.15) is 64.0 Å². The number of benzene rings is 1. The first-order valence-corrected chi connectivity index (χ1v) is 8.57. The van der Waals surface area contributed by atoms with Crippen LogP contribution in [0.5, 0.6) is 5.75 Å². The zero-order valence-corrected chi connectivity index (χ0v) is 15.1. The van der Waals surface area contributed by atoms with Gasteiger partial charge in [0.1, 0.15) is 5.75 Å². The van der Waals surface area contributed by atoms with Gasteiger partial charge in [0, 0.05) is 35.9 Å². The van der Waals surface area contributed by atoms with Crippen LogP contribution in [0.2, 0.25) is 0 Å². The molecule has 0 aliphatic carbocycles. The van der Waals surface area contributed by atoms with Gasteiger partial charge in [-0.1, -0.05) is 20.3 Å². The molecule has 0 bridgehead atoms. The number of anilines is 1. The maximum absolute atomic E-state index is 5.65. The molecule has 0 spiro atoms. The predicted octanol–water partition coefficient (Wildman–Crippen LogP) is 4.31. The Morgan fingerprint density at radius 1 is 1.36 bits per heavy atom. The Hall–Kier alpha value is -1.22. The number of unbranched alkanes of at least 4 members (excludes halogenated alkanes) is 1. The lowest BCUT2D eigenvalue weighted by atomic mass is 9.79. The Labute approximate surface area is 136 Å². The molecule has 3 heteroatoms. The topological polar surface area (TPSA) is 24.5 Å². The van der Waals surface area contributed by atoms with E-state index in [0.29, 0.717) is 5.92 Å². The van der Waals surface area contributed by atoms with E-state index in [4.69, 9.17) is 4.74 Å². The van der Waals surface area contributed by atoms with Crippen LogP contribution < -0.4 is 15.0 Å². The number of methoxy groups -OCH3 is 1. The molecule has 0 unspecified atom stereocenters. The summed E-state index contributed by atoms with van der Waals surface area (Å²) in [6.45, 7) is 11.3. The van der Waals surface area contributed by atoms with Gasteiger partial charge in [0.05, 0.1) is 7.11 Å². The molecule has 1 atom stereocenters. The molecule has 1 aromatic rings. The minimum absolute atomic E-state index is 0.205. The number of hydrogen-bond donors (Lipinski definition) is 1. The predicted molar refractivity (Wildman–Crippen MR) is 95.1 cm³/mol. The van der Waals surface area contributed by atoms with Gasteiger partial charge in [-0.2, -0.15) is 0 Å². The minimum Gasteiger partial charge on any atom is -0.496 e. The van der Waals surface area contributed by atoms with Crippen molar-refractivity contribution in [1.29, 1.82) is 0 Å². The molecule has 2 rings (SSSR count). The van der Waals surface area contributed by atoms with Crippen LogP contribution in [0.3, 0.4) is 0 Å². The van der Waals surface area contributed by atoms with Gasteiger partial charge >= 0.3 is 0 Å². The van der Waals surface area contributed by atoms with E-state index >= 15 is 0 Å². The monoisotopic (exact) mass is 304 g/mol. The summed E-state index contributed by atoms with van der Waals surface area (Å²) in [6, 6.07) is 4.61. The zero-order valence-electron chi connectivity index (χ0n) is 15.1. The van der Waals surface area contributed by atoms with Crippen molar-refractivity contribution >= 4 is 5.69 Å². The molecule has 124 valence electrons. The maximum atomic E-state index is 5.65. The minimum atomic E-state index is 0.205. The van der Waals surface area contributed by atoms with Crippen molar-refractivity contribution in [3.63, 3.8) is 0 Å². The van der Waals surface area contributed by atoms with Crippen molar-refractivity contribution in [2.45, 2.75) is 65.0 Å². The average molecular weight is 304 g/mol. The van der Waals surface area contributed by atoms with Crippen LogP contribution in [0.15, 0.2) is 12.1 Å². The first kappa shape index (κ1) is 17.1. The molecule has 1 aliphatic heterocycles. The Kier molecular flexibility index (Phi) is 5.38. The molecular weight excluding hydrogens is 272 g/mol. The highest BCUT2D eigenvalue weighted by atomic mass is 16.5. The quantitative estimate of drug-likeness (QED) is 0.847. The number of fused-ring (bicyclic) bond motifs is 1. The number of ether oxygens (including phenoxy) is 1. The van der Waals surface area contributed by atoms with Gasteiger partial charge in [-0.15, -0.1) is 0 Å². The highest BCUT2D eigenvalue weighted by Crippen LogP contribution is 2.45. The first-order chi connectivity index (χ1) is 10.4. The van der Waals surface area contributed by atoms with Gasteiger partial charge in [0.2, 0.25) is 0 Å². The van der Waals surface area contributed by atoms with Crippen LogP contribution in [0, 0.1) is 0 Å². The van der Waals surface area contributed by atoms with Gasteiger partial charge in [-0.05, 0) is 51.3 Å². The largest absolute Gasteiger partial charge is 0.496 e. The number of nitrogens with one attached hydrogen (secondary N) is 1. The van der Waals surface area contributed by atoms with E-state index in [-0.39, 0.29) is 5.54 Å². The summed E-state index contributed by atoms with van der Waals surface area (Å²) in [5.74, 6) is 1.59. The molecule has 22 heavy (non-hydrogen) atoms. The molecule has 3 nitrogen and oxygen atoms in total. The Bertz CT molecular complexity index is 510. The lowest BCUT2D eigenvalue weighted by Gasteiger charge is -2.48. The second kappa shape index (κ2) is 6.91. The average Bonchev–Trinajstić information content (AvgIpc) is 2.46. The van der Waals surface area contributed by atoms with Crippen LogP contribution in [0.4, 0.5) is 5.69 Å². The third-order valence-corrected chi connectivity index (χ3v) is 4.89. The van der Waals surface area contributed by atoms with E-state index in [9.17, 15) is 0 Å². The Balaban J connectivity index is 2.50. The van der Waals surface area contributed by atoms with Crippen LogP contribution >= 0.6 is 0 Å². The van der Waals surface area contributed by atoms with Crippen LogP contribution in [0.25, 0.3) is 0 Å². The van der Waals surface area contributed by atoms with Crippen molar-refractivity contribution in [2.24, 2.45) is 0 Å². The van der Waals surface area contributed by atoms with Crippen molar-refractivity contribution in [1.82, 2.24) is 5.32 Å². The van der Waals surface area contributed by atoms with E-state index in [1.54, 1.807) is 7.11 Å². The smallest absolute Gasteiger partial charge is 0.125 e. The molecule has 0 aromatic heterocycles. The fraction of sp³-hybridized carbons (Fsp3) is 0.684. The summed E-state index contributed by atoms with van der Waals surface area (Å²) in [5, 5.41) is 3.25. The Morgan fingerprint density at radius 2 is 2.09 bits per heavy atom. The van der Waals surface area contributed by atoms with Gasteiger partial charge < -0.3 is 15.0 Å². The van der Waals surface area contributed by atoms with Crippen LogP contribution in [-0.2, 0) is 6.54 Å². The van der Waals surface area contributed by atoms with E-state index in [1.807, 2.05) is 7.05 Å². The molecule has 1 aliphatic rings. The second-order valence-corrected chi connectivity index (χ2v) is 7.18. The number of hydrogen-bond acceptors (Lipinski definition) is 3. The fourth-order valence-electron chi connectivity index (χ4n) is 3.81. The third-order valence-electron chi connectivity index (χ3n) is 4.89. The summed E-state index contributed by atoms with van der Waals surface area (Å²) >= 11 is 0. The summed E-state index contributed by atoms with van der Waals surface area (Å²) in [6.07, 6.45) is 3.67. The fourth-order valence-corrected chi connectivity index (χ4v) is 3.81. The molecule has 1 heterocycles. The standard InChI is InChI=1S/C19H32N2O/c1-7-8-9-21-17-11-18(22-6)15(13-20-5)10-16(17)14(2)12-19(21,3)4/h10-11,14,20H,7-9,12-13H2,1-6H3/t14-/m1/s1. The third kappa shape index (κ3) is 3.24. The van der Waals surface area contributed by atoms with Crippen molar-refractivity contribution in [2.75, 3.05) is 25.6 Å². The lowest BCUT2D eigenvalue weighted by molar-refractivity contribution is 0.369. The Morgan fingerprint density at radius 3 is 2.68 bits per heavy atom. The van der Waals surface area contributed by atoms with Crippen molar-refractivity contribution in [3.8, 4) is 5.75 Å². The molecule has 0 amide bonds. The van der Waals surface area contributed by atoms with Crippen molar-refractivity contribution in [3.05, 3.63) is 23.3 Å². The summed E-state index contributed by atoms with van der Waals surface area (Å²) in [5.41, 5.74) is 4.30. The number of nitrogens with zero attached hydrogens (tertiary/aromatic N) is 1. The molecule has 0 radical (unpaired) electrons. The van der Waals surface area contributed by atoms with E-state index in [1.165, 1.54) is 36.1 Å². The zero-order chi connectivity index (χ0) is 16.3. The van der Waals surface area contributed by atoms with Gasteiger partial charge in [0.25, 0.3) is 0 Å². The molecule has 0 saturated heterocycles. The van der Waals surface area contributed by atoms with E-state index < -0.39 is 0 Å². The summed E-state index contributed by atoms with van der Waals surface area (Å²) in [7, 11) is 3.76. The normalized spacial score (nSPS) is 19.9. The maximum Gasteiger partial charge on any atom is 0.125 e. The SMILES string of the molecule is CCCCN1c2cc(OC)c(CNC)cc2[C@H](C)CC1(C)C. The molecule has 0 saturated carbocycles. The highest BCUT2D eigenvalue weighted by Gasteiger charge is 2.36. The van der Waals surface area contributed by atoms with Gasteiger partial charge in [-0.25, -0.2) is 0 Å². The second-order valence-electron chi connectivity index (χ2n) is 7.18. The number of rotatable bonds is 6. The highest BCUT2D eigenvalue weighted by molar-refractivity contribution is 5.64. The molecular formula is C19H32N2O. The van der Waals surface area contributed by atoms with E-state index in [0.717, 1.165) is 18.8 Å². The molecule has 1 N–H and O–H groups in total. The van der Waals surface area contributed by atoms with E-state index in [2.05, 4.69) is 50.0 Å². The lowest BCUT2D eigenvalue weighted by Crippen LogP contribution is -2.48. The van der Waals surface area contributed by atoms with Gasteiger partial charge in [0.15, 0.2) is 0 Å². The van der Waals surface area contributed by atoms with Gasteiger partial charge in [-0.3, -0.25) is 0 Å². The van der Waals surface area contributed by atoms with Crippen molar-refractivity contribution < 1.29 is 4.74 Å².